The van der Waals surface area contributed by atoms with Gasteiger partial charge in [-0.15, -0.1) is 0 Å². The topological polar surface area (TPSA) is 99.9 Å². The van der Waals surface area contributed by atoms with Gasteiger partial charge in [0.15, 0.2) is 11.5 Å². The van der Waals surface area contributed by atoms with Gasteiger partial charge in [-0.2, -0.15) is 0 Å². The monoisotopic (exact) mass is 400 g/mol. The summed E-state index contributed by atoms with van der Waals surface area (Å²) in [6.07, 6.45) is 1.42. The van der Waals surface area contributed by atoms with Gasteiger partial charge in [-0.3, -0.25) is 14.9 Å². The molecule has 1 heterocycles. The van der Waals surface area contributed by atoms with Crippen LogP contribution in [0.1, 0.15) is 28.8 Å². The number of ether oxygens (including phenoxy) is 3. The molecule has 1 fully saturated rings. The molecule has 29 heavy (non-hydrogen) atoms. The summed E-state index contributed by atoms with van der Waals surface area (Å²) in [5.74, 6) is 0.770. The lowest BCUT2D eigenvalue weighted by Crippen LogP contribution is -2.44. The van der Waals surface area contributed by atoms with Crippen molar-refractivity contribution in [3.05, 3.63) is 63.7 Å². The quantitative estimate of drug-likeness (QED) is 0.566. The minimum absolute atomic E-state index is 0.0482. The molecule has 1 N–H and O–H groups in total. The van der Waals surface area contributed by atoms with Crippen LogP contribution in [0.5, 0.6) is 11.5 Å². The molecule has 1 saturated heterocycles. The number of hydrogen-bond acceptors (Lipinski definition) is 6. The highest BCUT2D eigenvalue weighted by atomic mass is 16.6. The summed E-state index contributed by atoms with van der Waals surface area (Å²) < 4.78 is 16.3. The number of para-hydroxylation sites is 1. The first-order valence-corrected chi connectivity index (χ1v) is 9.32. The van der Waals surface area contributed by atoms with Crippen molar-refractivity contribution in [2.75, 3.05) is 34.0 Å². The summed E-state index contributed by atoms with van der Waals surface area (Å²) >= 11 is 0. The van der Waals surface area contributed by atoms with E-state index in [0.29, 0.717) is 44.1 Å². The second kappa shape index (κ2) is 8.91. The number of rotatable bonds is 7. The molecule has 1 aliphatic heterocycles. The van der Waals surface area contributed by atoms with Gasteiger partial charge in [-0.05, 0) is 36.6 Å². The largest absolute Gasteiger partial charge is 0.493 e. The molecular formula is C21H24N2O6. The van der Waals surface area contributed by atoms with Crippen molar-refractivity contribution in [1.29, 1.82) is 0 Å². The molecule has 8 nitrogen and oxygen atoms in total. The van der Waals surface area contributed by atoms with E-state index in [9.17, 15) is 14.9 Å². The molecule has 3 rings (SSSR count). The predicted molar refractivity (Wildman–Crippen MR) is 107 cm³/mol. The summed E-state index contributed by atoms with van der Waals surface area (Å²) in [5, 5.41) is 14.1. The summed E-state index contributed by atoms with van der Waals surface area (Å²) in [6, 6.07) is 11.7. The summed E-state index contributed by atoms with van der Waals surface area (Å²) in [5.41, 5.74) is 0.474. The first-order valence-electron chi connectivity index (χ1n) is 9.32. The lowest BCUT2D eigenvalue weighted by Gasteiger charge is -2.38. The van der Waals surface area contributed by atoms with E-state index in [4.69, 9.17) is 14.2 Å². The molecule has 0 aromatic heterocycles. The van der Waals surface area contributed by atoms with Crippen LogP contribution in [0, 0.1) is 10.1 Å². The molecule has 0 spiro atoms. The fourth-order valence-electron chi connectivity index (χ4n) is 3.67. The van der Waals surface area contributed by atoms with Gasteiger partial charge in [-0.25, -0.2) is 0 Å². The highest BCUT2D eigenvalue weighted by molar-refractivity contribution is 5.98. The van der Waals surface area contributed by atoms with Crippen LogP contribution in [0.4, 0.5) is 5.69 Å². The highest BCUT2D eigenvalue weighted by Crippen LogP contribution is 2.39. The van der Waals surface area contributed by atoms with Gasteiger partial charge in [0.2, 0.25) is 0 Å². The molecule has 8 heteroatoms. The molecule has 0 unspecified atom stereocenters. The van der Waals surface area contributed by atoms with Gasteiger partial charge in [0.05, 0.1) is 19.1 Å². The third-order valence-electron chi connectivity index (χ3n) is 5.38. The van der Waals surface area contributed by atoms with E-state index in [1.54, 1.807) is 26.4 Å². The SMILES string of the molecule is COc1ccc(C2(CNC(=O)c3ccccc3[N+](=O)[O-])CCOCC2)cc1OC. The Bertz CT molecular complexity index is 892. The number of nitrogens with zero attached hydrogens (tertiary/aromatic N) is 1. The van der Waals surface area contributed by atoms with Gasteiger partial charge in [-0.1, -0.05) is 18.2 Å². The Morgan fingerprint density at radius 3 is 2.48 bits per heavy atom. The maximum absolute atomic E-state index is 12.7. The van der Waals surface area contributed by atoms with E-state index in [1.165, 1.54) is 12.1 Å². The number of nitrogens with one attached hydrogen (secondary N) is 1. The number of nitro groups is 1. The molecule has 0 aliphatic carbocycles. The van der Waals surface area contributed by atoms with Crippen molar-refractivity contribution in [2.45, 2.75) is 18.3 Å². The Kier molecular flexibility index (Phi) is 6.33. The minimum atomic E-state index is -0.548. The third kappa shape index (κ3) is 4.32. The molecule has 0 atom stereocenters. The molecule has 0 radical (unpaired) electrons. The van der Waals surface area contributed by atoms with Crippen molar-refractivity contribution in [2.24, 2.45) is 0 Å². The molecule has 1 amide bonds. The van der Waals surface area contributed by atoms with Crippen LogP contribution in [-0.4, -0.2) is 44.8 Å². The van der Waals surface area contributed by atoms with Gasteiger partial charge in [0.1, 0.15) is 5.56 Å². The van der Waals surface area contributed by atoms with Gasteiger partial charge < -0.3 is 19.5 Å². The fourth-order valence-corrected chi connectivity index (χ4v) is 3.67. The van der Waals surface area contributed by atoms with E-state index in [2.05, 4.69) is 5.32 Å². The lowest BCUT2D eigenvalue weighted by molar-refractivity contribution is -0.385. The molecule has 2 aromatic rings. The van der Waals surface area contributed by atoms with Crippen LogP contribution >= 0.6 is 0 Å². The van der Waals surface area contributed by atoms with Crippen LogP contribution in [0.2, 0.25) is 0 Å². The predicted octanol–water partition coefficient (Wildman–Crippen LogP) is 3.09. The lowest BCUT2D eigenvalue weighted by atomic mass is 9.74. The summed E-state index contributed by atoms with van der Waals surface area (Å²) in [7, 11) is 3.16. The van der Waals surface area contributed by atoms with Crippen LogP contribution in [0.25, 0.3) is 0 Å². The Hall–Kier alpha value is -3.13. The first kappa shape index (κ1) is 20.6. The van der Waals surface area contributed by atoms with Crippen LogP contribution in [-0.2, 0) is 10.2 Å². The Morgan fingerprint density at radius 1 is 1.14 bits per heavy atom. The standard InChI is InChI=1S/C21H24N2O6/c1-27-18-8-7-15(13-19(18)28-2)21(9-11-29-12-10-21)14-22-20(24)16-5-3-4-6-17(16)23(25)26/h3-8,13H,9-12,14H2,1-2H3,(H,22,24). The number of amides is 1. The molecule has 1 aliphatic rings. The maximum Gasteiger partial charge on any atom is 0.282 e. The van der Waals surface area contributed by atoms with E-state index >= 15 is 0 Å². The number of carbonyl (C=O) groups is 1. The van der Waals surface area contributed by atoms with Gasteiger partial charge in [0.25, 0.3) is 11.6 Å². The van der Waals surface area contributed by atoms with E-state index in [0.717, 1.165) is 5.56 Å². The number of hydrogen-bond donors (Lipinski definition) is 1. The average Bonchev–Trinajstić information content (AvgIpc) is 2.77. The van der Waals surface area contributed by atoms with Crippen LogP contribution < -0.4 is 14.8 Å². The minimum Gasteiger partial charge on any atom is -0.493 e. The van der Waals surface area contributed by atoms with Crippen molar-refractivity contribution in [3.8, 4) is 11.5 Å². The number of nitro benzene ring substituents is 1. The second-order valence-electron chi connectivity index (χ2n) is 6.92. The van der Waals surface area contributed by atoms with Crippen LogP contribution in [0.15, 0.2) is 42.5 Å². The van der Waals surface area contributed by atoms with Gasteiger partial charge >= 0.3 is 0 Å². The van der Waals surface area contributed by atoms with E-state index in [1.807, 2.05) is 18.2 Å². The zero-order chi connectivity index (χ0) is 20.9. The Morgan fingerprint density at radius 2 is 1.83 bits per heavy atom. The second-order valence-corrected chi connectivity index (χ2v) is 6.92. The fraction of sp³-hybridized carbons (Fsp3) is 0.381. The number of methoxy groups -OCH3 is 2. The zero-order valence-corrected chi connectivity index (χ0v) is 16.5. The van der Waals surface area contributed by atoms with Crippen molar-refractivity contribution in [1.82, 2.24) is 5.32 Å². The normalized spacial score (nSPS) is 15.4. The number of carbonyl (C=O) groups excluding carboxylic acids is 1. The van der Waals surface area contributed by atoms with Gasteiger partial charge in [0, 0.05) is 31.2 Å². The first-order chi connectivity index (χ1) is 14.0. The average molecular weight is 400 g/mol. The molecule has 0 bridgehead atoms. The number of benzene rings is 2. The summed E-state index contributed by atoms with van der Waals surface area (Å²) in [6.45, 7) is 1.46. The van der Waals surface area contributed by atoms with Crippen molar-refractivity contribution in [3.63, 3.8) is 0 Å². The van der Waals surface area contributed by atoms with E-state index < -0.39 is 10.8 Å². The summed E-state index contributed by atoms with van der Waals surface area (Å²) in [4.78, 5) is 23.4. The Labute approximate surface area is 168 Å². The smallest absolute Gasteiger partial charge is 0.282 e. The third-order valence-corrected chi connectivity index (χ3v) is 5.38. The molecule has 154 valence electrons. The van der Waals surface area contributed by atoms with E-state index in [-0.39, 0.29) is 16.7 Å². The zero-order valence-electron chi connectivity index (χ0n) is 16.5. The highest BCUT2D eigenvalue weighted by Gasteiger charge is 2.36. The van der Waals surface area contributed by atoms with Crippen LogP contribution in [0.3, 0.4) is 0 Å². The molecular weight excluding hydrogens is 376 g/mol. The molecule has 0 saturated carbocycles. The van der Waals surface area contributed by atoms with Crippen molar-refractivity contribution < 1.29 is 23.9 Å². The van der Waals surface area contributed by atoms with Crippen molar-refractivity contribution >= 4 is 11.6 Å². The maximum atomic E-state index is 12.7. The Balaban J connectivity index is 1.87. The molecule has 2 aromatic carbocycles.